The van der Waals surface area contributed by atoms with E-state index in [4.69, 9.17) is 5.73 Å². The first-order chi connectivity index (χ1) is 8.08. The molecule has 0 aliphatic carbocycles. The zero-order chi connectivity index (χ0) is 12.4. The average Bonchev–Trinajstić information content (AvgIpc) is 2.75. The molecule has 2 aromatic rings. The first kappa shape index (κ1) is 12.3. The van der Waals surface area contributed by atoms with Crippen molar-refractivity contribution in [1.29, 1.82) is 0 Å². The van der Waals surface area contributed by atoms with Crippen LogP contribution in [0.15, 0.2) is 29.6 Å². The van der Waals surface area contributed by atoms with Crippen LogP contribution < -0.4 is 5.73 Å². The molecule has 1 aromatic carbocycles. The molecule has 1 atom stereocenters. The van der Waals surface area contributed by atoms with Crippen molar-refractivity contribution in [3.05, 3.63) is 51.5 Å². The molecular formula is C14H18N2S. The van der Waals surface area contributed by atoms with E-state index < -0.39 is 0 Å². The van der Waals surface area contributed by atoms with Gasteiger partial charge in [-0.05, 0) is 24.0 Å². The van der Waals surface area contributed by atoms with Crippen LogP contribution in [-0.4, -0.2) is 4.98 Å². The molecule has 90 valence electrons. The van der Waals surface area contributed by atoms with Crippen molar-refractivity contribution in [2.75, 3.05) is 0 Å². The highest BCUT2D eigenvalue weighted by atomic mass is 32.1. The summed E-state index contributed by atoms with van der Waals surface area (Å²) in [4.78, 5) is 4.44. The first-order valence-corrected chi connectivity index (χ1v) is 6.73. The molecule has 0 spiro atoms. The number of thiazole rings is 1. The molecule has 2 nitrogen and oxygen atoms in total. The number of benzene rings is 1. The molecule has 3 heteroatoms. The Morgan fingerprint density at radius 3 is 2.18 bits per heavy atom. The zero-order valence-electron chi connectivity index (χ0n) is 10.5. The molecule has 1 unspecified atom stereocenters. The van der Waals surface area contributed by atoms with Gasteiger partial charge >= 0.3 is 0 Å². The van der Waals surface area contributed by atoms with Gasteiger partial charge in [0.2, 0.25) is 0 Å². The predicted molar refractivity (Wildman–Crippen MR) is 73.4 cm³/mol. The lowest BCUT2D eigenvalue weighted by Gasteiger charge is -2.11. The molecule has 17 heavy (non-hydrogen) atoms. The Bertz CT molecular complexity index is 485. The lowest BCUT2D eigenvalue weighted by Crippen LogP contribution is -2.11. The number of nitrogens with two attached hydrogens (primary N) is 1. The fourth-order valence-electron chi connectivity index (χ4n) is 1.75. The number of nitrogens with zero attached hydrogens (tertiary/aromatic N) is 1. The van der Waals surface area contributed by atoms with Crippen molar-refractivity contribution in [1.82, 2.24) is 4.98 Å². The Kier molecular flexibility index (Phi) is 3.60. The van der Waals surface area contributed by atoms with Crippen LogP contribution in [0.1, 0.15) is 47.6 Å². The Labute approximate surface area is 107 Å². The van der Waals surface area contributed by atoms with Crippen molar-refractivity contribution in [2.45, 2.75) is 32.7 Å². The molecule has 2 N–H and O–H groups in total. The van der Waals surface area contributed by atoms with Crippen LogP contribution in [0.25, 0.3) is 0 Å². The number of hydrogen-bond donors (Lipinski definition) is 1. The van der Waals surface area contributed by atoms with E-state index in [0.29, 0.717) is 5.92 Å². The molecule has 2 rings (SSSR count). The highest BCUT2D eigenvalue weighted by molar-refractivity contribution is 7.09. The summed E-state index contributed by atoms with van der Waals surface area (Å²) in [5.41, 5.74) is 9.72. The van der Waals surface area contributed by atoms with Gasteiger partial charge in [0.25, 0.3) is 0 Å². The molecule has 0 aliphatic rings. The maximum absolute atomic E-state index is 6.20. The summed E-state index contributed by atoms with van der Waals surface area (Å²) in [7, 11) is 0. The third-order valence-corrected chi connectivity index (χ3v) is 3.91. The van der Waals surface area contributed by atoms with Gasteiger partial charge in [-0.25, -0.2) is 4.98 Å². The summed E-state index contributed by atoms with van der Waals surface area (Å²) in [5, 5.41) is 3.03. The van der Waals surface area contributed by atoms with Crippen molar-refractivity contribution in [2.24, 2.45) is 5.73 Å². The second kappa shape index (κ2) is 4.98. The molecule has 0 saturated heterocycles. The van der Waals surface area contributed by atoms with Crippen molar-refractivity contribution in [3.63, 3.8) is 0 Å². The van der Waals surface area contributed by atoms with Gasteiger partial charge in [0, 0.05) is 11.1 Å². The predicted octanol–water partition coefficient (Wildman–Crippen LogP) is 3.62. The summed E-state index contributed by atoms with van der Waals surface area (Å²) >= 11 is 1.63. The van der Waals surface area contributed by atoms with Gasteiger partial charge in [0.1, 0.15) is 5.01 Å². The summed E-state index contributed by atoms with van der Waals surface area (Å²) in [5.74, 6) is 0.558. The molecule has 1 aromatic heterocycles. The van der Waals surface area contributed by atoms with Crippen LogP contribution in [0, 0.1) is 6.92 Å². The summed E-state index contributed by atoms with van der Waals surface area (Å²) in [6.45, 7) is 6.38. The minimum Gasteiger partial charge on any atom is -0.318 e. The van der Waals surface area contributed by atoms with E-state index in [-0.39, 0.29) is 6.04 Å². The minimum atomic E-state index is -0.102. The second-order valence-corrected chi connectivity index (χ2v) is 5.52. The zero-order valence-corrected chi connectivity index (χ0v) is 11.3. The molecule has 0 fully saturated rings. The minimum absolute atomic E-state index is 0.102. The maximum atomic E-state index is 6.20. The third kappa shape index (κ3) is 2.73. The van der Waals surface area contributed by atoms with Crippen molar-refractivity contribution < 1.29 is 0 Å². The van der Waals surface area contributed by atoms with Crippen molar-refractivity contribution in [3.8, 4) is 0 Å². The summed E-state index contributed by atoms with van der Waals surface area (Å²) in [6, 6.07) is 8.42. The Balaban J connectivity index is 2.22. The Morgan fingerprint density at radius 2 is 1.71 bits per heavy atom. The van der Waals surface area contributed by atoms with Crippen LogP contribution in [0.5, 0.6) is 0 Å². The van der Waals surface area contributed by atoms with E-state index in [1.54, 1.807) is 11.3 Å². The fourth-order valence-corrected chi connectivity index (χ4v) is 2.57. The van der Waals surface area contributed by atoms with E-state index >= 15 is 0 Å². The quantitative estimate of drug-likeness (QED) is 0.898. The first-order valence-electron chi connectivity index (χ1n) is 5.85. The molecule has 1 heterocycles. The van der Waals surface area contributed by atoms with E-state index in [2.05, 4.69) is 43.1 Å². The van der Waals surface area contributed by atoms with Gasteiger partial charge in [-0.2, -0.15) is 0 Å². The highest BCUT2D eigenvalue weighted by Crippen LogP contribution is 2.24. The van der Waals surface area contributed by atoms with E-state index in [1.165, 1.54) is 5.56 Å². The highest BCUT2D eigenvalue weighted by Gasteiger charge is 2.12. The number of hydrogen-bond acceptors (Lipinski definition) is 3. The van der Waals surface area contributed by atoms with E-state index in [1.807, 2.05) is 12.3 Å². The molecule has 0 aliphatic heterocycles. The van der Waals surface area contributed by atoms with Gasteiger partial charge in [0.05, 0.1) is 6.04 Å². The molecular weight excluding hydrogens is 228 g/mol. The van der Waals surface area contributed by atoms with E-state index in [0.717, 1.165) is 16.3 Å². The van der Waals surface area contributed by atoms with Crippen LogP contribution >= 0.6 is 11.3 Å². The van der Waals surface area contributed by atoms with Crippen LogP contribution in [0.2, 0.25) is 0 Å². The van der Waals surface area contributed by atoms with Gasteiger partial charge in [0.15, 0.2) is 0 Å². The molecule has 0 amide bonds. The summed E-state index contributed by atoms with van der Waals surface area (Å²) in [6.07, 6.45) is 0. The monoisotopic (exact) mass is 246 g/mol. The molecule has 0 radical (unpaired) electrons. The molecule has 0 bridgehead atoms. The number of aryl methyl sites for hydroxylation is 1. The standard InChI is InChI=1S/C14H18N2S/c1-9(2)11-4-6-12(7-5-11)13(15)14-16-10(3)8-17-14/h4-9,13H,15H2,1-3H3. The van der Waals surface area contributed by atoms with Crippen molar-refractivity contribution >= 4 is 11.3 Å². The second-order valence-electron chi connectivity index (χ2n) is 4.63. The lowest BCUT2D eigenvalue weighted by molar-refractivity contribution is 0.838. The summed E-state index contributed by atoms with van der Waals surface area (Å²) < 4.78 is 0. The largest absolute Gasteiger partial charge is 0.318 e. The van der Waals surface area contributed by atoms with Crippen LogP contribution in [-0.2, 0) is 0 Å². The van der Waals surface area contributed by atoms with Gasteiger partial charge < -0.3 is 5.73 Å². The third-order valence-electron chi connectivity index (χ3n) is 2.87. The number of aromatic nitrogens is 1. The maximum Gasteiger partial charge on any atom is 0.114 e. The normalized spacial score (nSPS) is 13.0. The van der Waals surface area contributed by atoms with Gasteiger partial charge in [-0.15, -0.1) is 11.3 Å². The Morgan fingerprint density at radius 1 is 1.12 bits per heavy atom. The van der Waals surface area contributed by atoms with E-state index in [9.17, 15) is 0 Å². The van der Waals surface area contributed by atoms with Crippen LogP contribution in [0.3, 0.4) is 0 Å². The number of rotatable bonds is 3. The Hall–Kier alpha value is -1.19. The van der Waals surface area contributed by atoms with Gasteiger partial charge in [-0.1, -0.05) is 38.1 Å². The topological polar surface area (TPSA) is 38.9 Å². The smallest absolute Gasteiger partial charge is 0.114 e. The fraction of sp³-hybridized carbons (Fsp3) is 0.357. The average molecular weight is 246 g/mol. The van der Waals surface area contributed by atoms with Gasteiger partial charge in [-0.3, -0.25) is 0 Å². The molecule has 0 saturated carbocycles. The van der Waals surface area contributed by atoms with Crippen LogP contribution in [0.4, 0.5) is 0 Å². The lowest BCUT2D eigenvalue weighted by atomic mass is 9.99. The SMILES string of the molecule is Cc1csc(C(N)c2ccc(C(C)C)cc2)n1.